The Morgan fingerprint density at radius 3 is 2.91 bits per heavy atom. The summed E-state index contributed by atoms with van der Waals surface area (Å²) in [6, 6.07) is 9.63. The second-order valence-corrected chi connectivity index (χ2v) is 5.64. The molecule has 5 nitrogen and oxygen atoms in total. The Labute approximate surface area is 134 Å². The van der Waals surface area contributed by atoms with E-state index in [-0.39, 0.29) is 12.5 Å². The van der Waals surface area contributed by atoms with Crippen LogP contribution in [0.5, 0.6) is 5.75 Å². The molecule has 1 aromatic carbocycles. The highest BCUT2D eigenvalue weighted by molar-refractivity contribution is 5.92. The molecule has 5 heteroatoms. The summed E-state index contributed by atoms with van der Waals surface area (Å²) in [6.07, 6.45) is 3.82. The van der Waals surface area contributed by atoms with Gasteiger partial charge in [-0.05, 0) is 50.1 Å². The van der Waals surface area contributed by atoms with E-state index in [4.69, 9.17) is 4.74 Å². The zero-order chi connectivity index (χ0) is 16.4. The molecular weight excluding hydrogens is 290 g/mol. The molecule has 2 aromatic heterocycles. The highest BCUT2D eigenvalue weighted by Gasteiger charge is 2.09. The molecular formula is C18H19N3O2. The van der Waals surface area contributed by atoms with Crippen LogP contribution in [0, 0.1) is 20.8 Å². The maximum atomic E-state index is 12.1. The van der Waals surface area contributed by atoms with Crippen molar-refractivity contribution in [2.75, 3.05) is 11.9 Å². The van der Waals surface area contributed by atoms with E-state index in [9.17, 15) is 4.79 Å². The molecule has 0 saturated carbocycles. The molecule has 1 N–H and O–H groups in total. The van der Waals surface area contributed by atoms with Crippen LogP contribution in [0.25, 0.3) is 5.65 Å². The summed E-state index contributed by atoms with van der Waals surface area (Å²) in [7, 11) is 0. The molecule has 1 amide bonds. The fourth-order valence-electron chi connectivity index (χ4n) is 2.42. The van der Waals surface area contributed by atoms with Gasteiger partial charge in [0.25, 0.3) is 5.91 Å². The highest BCUT2D eigenvalue weighted by atomic mass is 16.5. The number of carbonyl (C=O) groups is 1. The van der Waals surface area contributed by atoms with E-state index < -0.39 is 0 Å². The van der Waals surface area contributed by atoms with Crippen LogP contribution in [-0.4, -0.2) is 21.9 Å². The number of nitrogens with zero attached hydrogens (tertiary/aromatic N) is 2. The Balaban J connectivity index is 1.70. The normalized spacial score (nSPS) is 10.7. The van der Waals surface area contributed by atoms with Crippen molar-refractivity contribution in [1.29, 1.82) is 0 Å². The molecule has 3 aromatic rings. The van der Waals surface area contributed by atoms with Crippen LogP contribution in [0.3, 0.4) is 0 Å². The van der Waals surface area contributed by atoms with Crippen LogP contribution in [0.1, 0.15) is 16.8 Å². The summed E-state index contributed by atoms with van der Waals surface area (Å²) in [5.74, 6) is 0.403. The van der Waals surface area contributed by atoms with Gasteiger partial charge in [-0.1, -0.05) is 12.1 Å². The number of carbonyl (C=O) groups excluding carboxylic acids is 1. The standard InChI is InChI=1S/C18H19N3O2/c1-12-6-7-13(2)15(9-12)20-17(22)11-23-16-5-4-8-21-10-14(3)19-18(16)21/h4-10H,11H2,1-3H3,(H,20,22). The number of aromatic nitrogens is 2. The van der Waals surface area contributed by atoms with Crippen molar-refractivity contribution in [3.05, 3.63) is 59.5 Å². The first-order valence-corrected chi connectivity index (χ1v) is 7.47. The third-order valence-corrected chi connectivity index (χ3v) is 3.59. The summed E-state index contributed by atoms with van der Waals surface area (Å²) < 4.78 is 7.52. The lowest BCUT2D eigenvalue weighted by Gasteiger charge is -2.10. The molecule has 0 aliphatic carbocycles. The quantitative estimate of drug-likeness (QED) is 0.804. The molecule has 23 heavy (non-hydrogen) atoms. The zero-order valence-corrected chi connectivity index (χ0v) is 13.5. The molecule has 0 atom stereocenters. The second-order valence-electron chi connectivity index (χ2n) is 5.64. The van der Waals surface area contributed by atoms with E-state index in [1.54, 1.807) is 0 Å². The molecule has 3 rings (SSSR count). The van der Waals surface area contributed by atoms with Gasteiger partial charge in [-0.25, -0.2) is 4.98 Å². The maximum Gasteiger partial charge on any atom is 0.262 e. The number of fused-ring (bicyclic) bond motifs is 1. The summed E-state index contributed by atoms with van der Waals surface area (Å²) in [4.78, 5) is 16.5. The third-order valence-electron chi connectivity index (χ3n) is 3.59. The van der Waals surface area contributed by atoms with E-state index >= 15 is 0 Å². The van der Waals surface area contributed by atoms with E-state index in [1.165, 1.54) is 0 Å². The van der Waals surface area contributed by atoms with Gasteiger partial charge in [0, 0.05) is 18.1 Å². The van der Waals surface area contributed by atoms with Gasteiger partial charge in [0.2, 0.25) is 0 Å². The first kappa shape index (κ1) is 15.1. The number of imidazole rings is 1. The average Bonchev–Trinajstić information content (AvgIpc) is 2.89. The fraction of sp³-hybridized carbons (Fsp3) is 0.222. The number of benzene rings is 1. The van der Waals surface area contributed by atoms with Crippen molar-refractivity contribution in [3.63, 3.8) is 0 Å². The Bertz CT molecular complexity index is 868. The van der Waals surface area contributed by atoms with Gasteiger partial charge in [-0.2, -0.15) is 0 Å². The average molecular weight is 309 g/mol. The van der Waals surface area contributed by atoms with Crippen molar-refractivity contribution in [2.45, 2.75) is 20.8 Å². The van der Waals surface area contributed by atoms with Gasteiger partial charge < -0.3 is 14.5 Å². The van der Waals surface area contributed by atoms with Crippen LogP contribution in [-0.2, 0) is 4.79 Å². The van der Waals surface area contributed by atoms with Gasteiger partial charge in [0.15, 0.2) is 18.0 Å². The molecule has 0 radical (unpaired) electrons. The van der Waals surface area contributed by atoms with Crippen molar-refractivity contribution in [1.82, 2.24) is 9.38 Å². The topological polar surface area (TPSA) is 55.6 Å². The third kappa shape index (κ3) is 3.34. The molecule has 0 spiro atoms. The van der Waals surface area contributed by atoms with Crippen LogP contribution >= 0.6 is 0 Å². The molecule has 118 valence electrons. The molecule has 0 aliphatic rings. The lowest BCUT2D eigenvalue weighted by Crippen LogP contribution is -2.21. The largest absolute Gasteiger partial charge is 0.480 e. The van der Waals surface area contributed by atoms with E-state index in [0.717, 1.165) is 22.5 Å². The molecule has 0 fully saturated rings. The SMILES string of the molecule is Cc1ccc(C)c(NC(=O)COc2cccn3cc(C)nc23)c1. The van der Waals surface area contributed by atoms with E-state index in [2.05, 4.69) is 10.3 Å². The summed E-state index contributed by atoms with van der Waals surface area (Å²) in [5, 5.41) is 2.88. The number of pyridine rings is 1. The van der Waals surface area contributed by atoms with Gasteiger partial charge >= 0.3 is 0 Å². The number of ether oxygens (including phenoxy) is 1. The Kier molecular flexibility index (Phi) is 4.02. The van der Waals surface area contributed by atoms with E-state index in [0.29, 0.717) is 11.4 Å². The van der Waals surface area contributed by atoms with Crippen LogP contribution in [0.15, 0.2) is 42.7 Å². The molecule has 0 saturated heterocycles. The van der Waals surface area contributed by atoms with Crippen molar-refractivity contribution >= 4 is 17.2 Å². The highest BCUT2D eigenvalue weighted by Crippen LogP contribution is 2.19. The summed E-state index contributed by atoms with van der Waals surface area (Å²) in [5.41, 5.74) is 4.55. The molecule has 2 heterocycles. The Hall–Kier alpha value is -2.82. The number of aryl methyl sites for hydroxylation is 3. The first-order chi connectivity index (χ1) is 11.0. The molecule has 0 unspecified atom stereocenters. The van der Waals surface area contributed by atoms with Crippen LogP contribution in [0.4, 0.5) is 5.69 Å². The summed E-state index contributed by atoms with van der Waals surface area (Å²) in [6.45, 7) is 5.82. The lowest BCUT2D eigenvalue weighted by molar-refractivity contribution is -0.118. The van der Waals surface area contributed by atoms with Gasteiger partial charge in [0.05, 0.1) is 5.69 Å². The lowest BCUT2D eigenvalue weighted by atomic mass is 10.1. The Morgan fingerprint density at radius 1 is 1.26 bits per heavy atom. The van der Waals surface area contributed by atoms with Crippen molar-refractivity contribution in [3.8, 4) is 5.75 Å². The number of hydrogen-bond acceptors (Lipinski definition) is 3. The van der Waals surface area contributed by atoms with Crippen LogP contribution < -0.4 is 10.1 Å². The fourth-order valence-corrected chi connectivity index (χ4v) is 2.42. The number of hydrogen-bond donors (Lipinski definition) is 1. The minimum absolute atomic E-state index is 0.0566. The number of nitrogens with one attached hydrogen (secondary N) is 1. The van der Waals surface area contributed by atoms with Gasteiger partial charge in [-0.3, -0.25) is 4.79 Å². The maximum absolute atomic E-state index is 12.1. The number of anilines is 1. The predicted molar refractivity (Wildman–Crippen MR) is 90.0 cm³/mol. The molecule has 0 aliphatic heterocycles. The Morgan fingerprint density at radius 2 is 2.09 bits per heavy atom. The van der Waals surface area contributed by atoms with E-state index in [1.807, 2.05) is 67.9 Å². The smallest absolute Gasteiger partial charge is 0.262 e. The first-order valence-electron chi connectivity index (χ1n) is 7.47. The van der Waals surface area contributed by atoms with Gasteiger partial charge in [0.1, 0.15) is 0 Å². The minimum atomic E-state index is -0.191. The van der Waals surface area contributed by atoms with Crippen LogP contribution in [0.2, 0.25) is 0 Å². The molecule has 0 bridgehead atoms. The van der Waals surface area contributed by atoms with Crippen molar-refractivity contribution < 1.29 is 9.53 Å². The zero-order valence-electron chi connectivity index (χ0n) is 13.5. The van der Waals surface area contributed by atoms with Crippen molar-refractivity contribution in [2.24, 2.45) is 0 Å². The second kappa shape index (κ2) is 6.12. The number of rotatable bonds is 4. The van der Waals surface area contributed by atoms with Gasteiger partial charge in [-0.15, -0.1) is 0 Å². The minimum Gasteiger partial charge on any atom is -0.480 e. The summed E-state index contributed by atoms with van der Waals surface area (Å²) >= 11 is 0. The monoisotopic (exact) mass is 309 g/mol. The number of amides is 1. The predicted octanol–water partition coefficient (Wildman–Crippen LogP) is 3.28.